The average molecular weight is 676 g/mol. The summed E-state index contributed by atoms with van der Waals surface area (Å²) in [7, 11) is -1.87. The lowest BCUT2D eigenvalue weighted by molar-refractivity contribution is -0.113. The lowest BCUT2D eigenvalue weighted by atomic mass is 9.44. The fraction of sp³-hybridized carbons (Fsp3) is 0.625. The standard InChI is InChI=1S/C48H68P/c1-7-16-37-19-15-24-41(33-37)49(39-20-10-8-11-21-39,40-22-12-9-13-23-40)42-29-31-47(5)38(34-42)25-26-43-45-28-27-44(36(4)18-14-17-35(2)3)48(45,6)32-30-46(43)47/h8-13,15,19-24,33,35-36,38,42-46H,7,14,16-18,25-32,34H2,1-6H3/q+1/t36-,38?,42?,43?,44-,45?,46?,47+,48-/m1/s1. The molecule has 3 aromatic carbocycles. The first-order valence-electron chi connectivity index (χ1n) is 20.8. The van der Waals surface area contributed by atoms with E-state index in [4.69, 9.17) is 0 Å². The molecule has 7 rings (SSSR count). The Kier molecular flexibility index (Phi) is 10.6. The van der Waals surface area contributed by atoms with Crippen LogP contribution >= 0.6 is 7.26 Å². The molecule has 0 nitrogen and oxygen atoms in total. The third kappa shape index (κ3) is 6.32. The van der Waals surface area contributed by atoms with Gasteiger partial charge in [-0.05, 0) is 158 Å². The maximum atomic E-state index is 2.81. The first kappa shape index (κ1) is 35.5. The molecule has 0 radical (unpaired) electrons. The van der Waals surface area contributed by atoms with Gasteiger partial charge >= 0.3 is 0 Å². The van der Waals surface area contributed by atoms with Gasteiger partial charge in [-0.2, -0.15) is 0 Å². The van der Waals surface area contributed by atoms with E-state index in [1.54, 1.807) is 15.9 Å². The van der Waals surface area contributed by atoms with E-state index in [1.165, 1.54) is 95.5 Å². The Hall–Kier alpha value is -1.91. The second kappa shape index (κ2) is 14.6. The zero-order valence-electron chi connectivity index (χ0n) is 32.0. The average Bonchev–Trinajstić information content (AvgIpc) is 3.47. The molecule has 0 N–H and O–H groups in total. The van der Waals surface area contributed by atoms with Gasteiger partial charge in [0.1, 0.15) is 23.2 Å². The molecule has 0 spiro atoms. The zero-order valence-corrected chi connectivity index (χ0v) is 32.9. The molecule has 49 heavy (non-hydrogen) atoms. The molecular formula is C48H68P+. The van der Waals surface area contributed by atoms with Crippen LogP contribution in [0.4, 0.5) is 0 Å². The van der Waals surface area contributed by atoms with Gasteiger partial charge in [0.15, 0.2) is 0 Å². The lowest BCUT2D eigenvalue weighted by Gasteiger charge is -2.61. The summed E-state index contributed by atoms with van der Waals surface area (Å²) >= 11 is 0. The van der Waals surface area contributed by atoms with Crippen LogP contribution < -0.4 is 15.9 Å². The Labute approximate surface area is 302 Å². The van der Waals surface area contributed by atoms with Crippen LogP contribution in [0.1, 0.15) is 131 Å². The minimum Gasteiger partial charge on any atom is -0.0651 e. The molecule has 4 saturated carbocycles. The van der Waals surface area contributed by atoms with Gasteiger partial charge in [0, 0.05) is 0 Å². The van der Waals surface area contributed by atoms with Gasteiger partial charge in [0.2, 0.25) is 0 Å². The van der Waals surface area contributed by atoms with Crippen molar-refractivity contribution in [3.63, 3.8) is 0 Å². The Morgan fingerprint density at radius 2 is 1.33 bits per heavy atom. The van der Waals surface area contributed by atoms with E-state index in [2.05, 4.69) is 126 Å². The van der Waals surface area contributed by atoms with Gasteiger partial charge in [0.25, 0.3) is 0 Å². The quantitative estimate of drug-likeness (QED) is 0.177. The van der Waals surface area contributed by atoms with Crippen molar-refractivity contribution >= 4 is 23.2 Å². The van der Waals surface area contributed by atoms with E-state index in [1.807, 2.05) is 0 Å². The molecule has 264 valence electrons. The molecule has 0 amide bonds. The summed E-state index contributed by atoms with van der Waals surface area (Å²) in [6.07, 6.45) is 19.9. The zero-order chi connectivity index (χ0) is 34.2. The Morgan fingerprint density at radius 1 is 0.673 bits per heavy atom. The Balaban J connectivity index is 1.19. The summed E-state index contributed by atoms with van der Waals surface area (Å²) in [6, 6.07) is 33.7. The summed E-state index contributed by atoms with van der Waals surface area (Å²) in [5, 5.41) is 4.83. The fourth-order valence-corrected chi connectivity index (χ4v) is 18.5. The van der Waals surface area contributed by atoms with Crippen molar-refractivity contribution in [1.29, 1.82) is 0 Å². The number of hydrogen-bond donors (Lipinski definition) is 0. The topological polar surface area (TPSA) is 0 Å². The molecular weight excluding hydrogens is 608 g/mol. The maximum absolute atomic E-state index is 2.81. The second-order valence-corrected chi connectivity index (χ2v) is 22.2. The van der Waals surface area contributed by atoms with Gasteiger partial charge in [-0.3, -0.25) is 0 Å². The van der Waals surface area contributed by atoms with Crippen molar-refractivity contribution < 1.29 is 0 Å². The summed E-state index contributed by atoms with van der Waals surface area (Å²) in [5.74, 6) is 6.44. The van der Waals surface area contributed by atoms with Crippen LogP contribution in [-0.4, -0.2) is 5.66 Å². The van der Waals surface area contributed by atoms with Gasteiger partial charge in [-0.25, -0.2) is 0 Å². The molecule has 1 heteroatoms. The number of fused-ring (bicyclic) bond motifs is 5. The third-order valence-corrected chi connectivity index (χ3v) is 20.5. The van der Waals surface area contributed by atoms with Crippen molar-refractivity contribution in [3.8, 4) is 0 Å². The van der Waals surface area contributed by atoms with E-state index in [0.717, 1.165) is 41.4 Å². The number of benzene rings is 3. The SMILES string of the molecule is CCCc1cccc([P+](c2ccccc2)(c2ccccc2)C2CC[C@@]3(C)C(CCC4C3CC[C@@]3(C)C4CC[C@@H]3[C@H](C)CCCC(C)C)C2)c1. The molecule has 4 aliphatic carbocycles. The van der Waals surface area contributed by atoms with E-state index in [-0.39, 0.29) is 0 Å². The van der Waals surface area contributed by atoms with Crippen molar-refractivity contribution in [2.24, 2.45) is 52.3 Å². The molecule has 0 aliphatic heterocycles. The first-order valence-corrected chi connectivity index (χ1v) is 22.7. The molecule has 0 bridgehead atoms. The minimum atomic E-state index is -1.87. The molecule has 9 atom stereocenters. The molecule has 0 heterocycles. The summed E-state index contributed by atoms with van der Waals surface area (Å²) in [6.45, 7) is 15.4. The molecule has 0 saturated heterocycles. The normalized spacial score (nSPS) is 33.4. The van der Waals surface area contributed by atoms with Crippen molar-refractivity contribution in [2.45, 2.75) is 137 Å². The highest BCUT2D eigenvalue weighted by Crippen LogP contribution is 2.72. The maximum Gasteiger partial charge on any atom is 0.115 e. The summed E-state index contributed by atoms with van der Waals surface area (Å²) in [4.78, 5) is 0. The van der Waals surface area contributed by atoms with Crippen molar-refractivity contribution in [2.75, 3.05) is 0 Å². The van der Waals surface area contributed by atoms with Crippen LogP contribution in [-0.2, 0) is 6.42 Å². The first-order chi connectivity index (χ1) is 23.7. The van der Waals surface area contributed by atoms with Crippen molar-refractivity contribution in [1.82, 2.24) is 0 Å². The highest BCUT2D eigenvalue weighted by atomic mass is 31.2. The molecule has 5 unspecified atom stereocenters. The summed E-state index contributed by atoms with van der Waals surface area (Å²) < 4.78 is 0. The highest BCUT2D eigenvalue weighted by Gasteiger charge is 2.63. The van der Waals surface area contributed by atoms with Crippen LogP contribution in [0.5, 0.6) is 0 Å². The monoisotopic (exact) mass is 676 g/mol. The Morgan fingerprint density at radius 3 is 2.00 bits per heavy atom. The molecule has 0 aromatic heterocycles. The van der Waals surface area contributed by atoms with Crippen LogP contribution in [0.2, 0.25) is 0 Å². The van der Waals surface area contributed by atoms with E-state index < -0.39 is 7.26 Å². The van der Waals surface area contributed by atoms with Crippen molar-refractivity contribution in [3.05, 3.63) is 90.5 Å². The predicted molar refractivity (Wildman–Crippen MR) is 216 cm³/mol. The Bertz CT molecular complexity index is 1470. The lowest BCUT2D eigenvalue weighted by Crippen LogP contribution is -2.55. The van der Waals surface area contributed by atoms with Gasteiger partial charge in [0.05, 0.1) is 5.66 Å². The summed E-state index contributed by atoms with van der Waals surface area (Å²) in [5.41, 5.74) is 3.32. The van der Waals surface area contributed by atoms with Crippen LogP contribution in [0.25, 0.3) is 0 Å². The van der Waals surface area contributed by atoms with Gasteiger partial charge in [-0.1, -0.05) is 116 Å². The van der Waals surface area contributed by atoms with Crippen LogP contribution in [0.3, 0.4) is 0 Å². The minimum absolute atomic E-state index is 0.509. The third-order valence-electron chi connectivity index (χ3n) is 15.6. The predicted octanol–water partition coefficient (Wildman–Crippen LogP) is 12.4. The largest absolute Gasteiger partial charge is 0.115 e. The smallest absolute Gasteiger partial charge is 0.0651 e. The van der Waals surface area contributed by atoms with E-state index in [0.29, 0.717) is 16.5 Å². The molecule has 4 aliphatic rings. The van der Waals surface area contributed by atoms with Gasteiger partial charge < -0.3 is 0 Å². The number of rotatable bonds is 11. The highest BCUT2D eigenvalue weighted by molar-refractivity contribution is 7.96. The van der Waals surface area contributed by atoms with Crippen LogP contribution in [0.15, 0.2) is 84.9 Å². The number of hydrogen-bond acceptors (Lipinski definition) is 0. The molecule has 4 fully saturated rings. The van der Waals surface area contributed by atoms with Crippen LogP contribution in [0, 0.1) is 52.3 Å². The molecule has 3 aromatic rings. The number of aryl methyl sites for hydroxylation is 1. The van der Waals surface area contributed by atoms with E-state index in [9.17, 15) is 0 Å². The second-order valence-electron chi connectivity index (χ2n) is 18.4. The fourth-order valence-electron chi connectivity index (χ4n) is 13.2. The van der Waals surface area contributed by atoms with Gasteiger partial charge in [-0.15, -0.1) is 0 Å². The van der Waals surface area contributed by atoms with E-state index >= 15 is 0 Å².